The highest BCUT2D eigenvalue weighted by Crippen LogP contribution is 2.18. The smallest absolute Gasteiger partial charge is 0.270 e. The van der Waals surface area contributed by atoms with Crippen molar-refractivity contribution < 1.29 is 9.53 Å². The third-order valence-electron chi connectivity index (χ3n) is 3.27. The van der Waals surface area contributed by atoms with Crippen LogP contribution < -0.4 is 0 Å². The van der Waals surface area contributed by atoms with Gasteiger partial charge in [-0.25, -0.2) is 0 Å². The van der Waals surface area contributed by atoms with Crippen molar-refractivity contribution in [3.05, 3.63) is 22.4 Å². The summed E-state index contributed by atoms with van der Waals surface area (Å²) in [6.07, 6.45) is 4.29. The number of ether oxygens (including phenoxy) is 1. The van der Waals surface area contributed by atoms with Gasteiger partial charge in [-0.2, -0.15) is 0 Å². The number of aromatic nitrogens is 1. The van der Waals surface area contributed by atoms with Gasteiger partial charge in [0.1, 0.15) is 5.69 Å². The maximum Gasteiger partial charge on any atom is 0.270 e. The van der Waals surface area contributed by atoms with Crippen molar-refractivity contribution in [3.63, 3.8) is 0 Å². The van der Waals surface area contributed by atoms with Gasteiger partial charge in [-0.05, 0) is 41.8 Å². The quantitative estimate of drug-likeness (QED) is 0.856. The number of carbonyl (C=O) groups excluding carboxylic acids is 1. The molecule has 2 heterocycles. The van der Waals surface area contributed by atoms with E-state index in [4.69, 9.17) is 4.74 Å². The minimum Gasteiger partial charge on any atom is -0.376 e. The Morgan fingerprint density at radius 2 is 2.44 bits per heavy atom. The van der Waals surface area contributed by atoms with Gasteiger partial charge in [0, 0.05) is 37.4 Å². The lowest BCUT2D eigenvalue weighted by atomic mass is 10.2. The molecule has 18 heavy (non-hydrogen) atoms. The maximum absolute atomic E-state index is 12.4. The van der Waals surface area contributed by atoms with Gasteiger partial charge in [-0.1, -0.05) is 0 Å². The molecule has 0 aliphatic carbocycles. The van der Waals surface area contributed by atoms with Crippen LogP contribution >= 0.6 is 15.9 Å². The van der Waals surface area contributed by atoms with Crippen LogP contribution in [0.4, 0.5) is 0 Å². The van der Waals surface area contributed by atoms with Gasteiger partial charge in [-0.15, -0.1) is 0 Å². The number of hydrogen-bond acceptors (Lipinski definition) is 2. The molecule has 100 valence electrons. The number of carbonyl (C=O) groups is 1. The Morgan fingerprint density at radius 1 is 1.67 bits per heavy atom. The molecule has 1 amide bonds. The Bertz CT molecular complexity index is 425. The second kappa shape index (κ2) is 5.89. The molecule has 1 aromatic heterocycles. The van der Waals surface area contributed by atoms with Crippen LogP contribution in [0, 0.1) is 0 Å². The summed E-state index contributed by atoms with van der Waals surface area (Å²) in [6.45, 7) is 4.32. The first-order chi connectivity index (χ1) is 8.61. The van der Waals surface area contributed by atoms with Crippen molar-refractivity contribution in [3.8, 4) is 0 Å². The van der Waals surface area contributed by atoms with E-state index in [1.54, 1.807) is 4.90 Å². The van der Waals surface area contributed by atoms with E-state index in [1.165, 1.54) is 0 Å². The molecule has 1 aliphatic rings. The maximum atomic E-state index is 12.4. The third-order valence-corrected chi connectivity index (χ3v) is 3.70. The second-order valence-electron chi connectivity index (χ2n) is 4.65. The van der Waals surface area contributed by atoms with E-state index >= 15 is 0 Å². The number of nitrogens with zero attached hydrogens (tertiary/aromatic N) is 2. The summed E-state index contributed by atoms with van der Waals surface area (Å²) < 4.78 is 8.46. The lowest BCUT2D eigenvalue weighted by Gasteiger charge is -2.21. The predicted molar refractivity (Wildman–Crippen MR) is 73.7 cm³/mol. The molecule has 1 fully saturated rings. The number of rotatable bonds is 4. The summed E-state index contributed by atoms with van der Waals surface area (Å²) in [5.74, 6) is 0.0538. The van der Waals surface area contributed by atoms with Gasteiger partial charge < -0.3 is 14.2 Å². The fourth-order valence-corrected chi connectivity index (χ4v) is 2.75. The highest BCUT2D eigenvalue weighted by atomic mass is 79.9. The van der Waals surface area contributed by atoms with Gasteiger partial charge in [0.25, 0.3) is 5.91 Å². The molecule has 0 saturated carbocycles. The fraction of sp³-hybridized carbons (Fsp3) is 0.615. The molecule has 2 rings (SSSR count). The van der Waals surface area contributed by atoms with E-state index in [0.717, 1.165) is 36.2 Å². The fourth-order valence-electron chi connectivity index (χ4n) is 2.29. The van der Waals surface area contributed by atoms with Crippen LogP contribution in [0.15, 0.2) is 16.7 Å². The van der Waals surface area contributed by atoms with E-state index in [2.05, 4.69) is 15.9 Å². The molecule has 0 aromatic carbocycles. The molecular weight excluding hydrogens is 296 g/mol. The Balaban J connectivity index is 2.04. The van der Waals surface area contributed by atoms with Crippen LogP contribution in [0.3, 0.4) is 0 Å². The minimum atomic E-state index is 0.0538. The average molecular weight is 315 g/mol. The summed E-state index contributed by atoms with van der Waals surface area (Å²) in [5, 5.41) is 0. The number of halogens is 1. The topological polar surface area (TPSA) is 34.5 Å². The van der Waals surface area contributed by atoms with Crippen molar-refractivity contribution in [2.75, 3.05) is 20.2 Å². The zero-order valence-electron chi connectivity index (χ0n) is 10.9. The summed E-state index contributed by atoms with van der Waals surface area (Å²) in [4.78, 5) is 14.1. The molecule has 1 atom stereocenters. The highest BCUT2D eigenvalue weighted by molar-refractivity contribution is 9.10. The van der Waals surface area contributed by atoms with Crippen molar-refractivity contribution in [2.24, 2.45) is 0 Å². The molecule has 1 aliphatic heterocycles. The van der Waals surface area contributed by atoms with Gasteiger partial charge in [-0.3, -0.25) is 4.79 Å². The number of amides is 1. The van der Waals surface area contributed by atoms with E-state index in [0.29, 0.717) is 6.54 Å². The van der Waals surface area contributed by atoms with Crippen molar-refractivity contribution in [2.45, 2.75) is 32.4 Å². The number of likely N-dealkylation sites (N-methyl/N-ethyl adjacent to an activating group) is 1. The first kappa shape index (κ1) is 13.6. The van der Waals surface area contributed by atoms with Crippen LogP contribution in [0.5, 0.6) is 0 Å². The molecule has 0 N–H and O–H groups in total. The molecule has 4 nitrogen and oxygen atoms in total. The standard InChI is InChI=1S/C13H19BrN2O2/c1-3-16-8-10(14)7-12(16)13(17)15(2)9-11-5-4-6-18-11/h7-8,11H,3-6,9H2,1-2H3. The lowest BCUT2D eigenvalue weighted by Crippen LogP contribution is -2.35. The number of hydrogen-bond donors (Lipinski definition) is 0. The van der Waals surface area contributed by atoms with E-state index < -0.39 is 0 Å². The van der Waals surface area contributed by atoms with Crippen LogP contribution in [-0.4, -0.2) is 41.7 Å². The zero-order chi connectivity index (χ0) is 13.1. The lowest BCUT2D eigenvalue weighted by molar-refractivity contribution is 0.0579. The minimum absolute atomic E-state index is 0.0538. The summed E-state index contributed by atoms with van der Waals surface area (Å²) >= 11 is 3.41. The molecule has 0 spiro atoms. The molecule has 5 heteroatoms. The summed E-state index contributed by atoms with van der Waals surface area (Å²) in [5.41, 5.74) is 0.727. The van der Waals surface area contributed by atoms with Crippen LogP contribution in [0.2, 0.25) is 0 Å². The molecular formula is C13H19BrN2O2. The third kappa shape index (κ3) is 2.95. The normalized spacial score (nSPS) is 19.2. The Hall–Kier alpha value is -0.810. The monoisotopic (exact) mass is 314 g/mol. The highest BCUT2D eigenvalue weighted by Gasteiger charge is 2.22. The van der Waals surface area contributed by atoms with E-state index in [9.17, 15) is 4.79 Å². The SMILES string of the molecule is CCn1cc(Br)cc1C(=O)N(C)CC1CCCO1. The van der Waals surface area contributed by atoms with Gasteiger partial charge in [0.2, 0.25) is 0 Å². The molecule has 0 bridgehead atoms. The van der Waals surface area contributed by atoms with Crippen molar-refractivity contribution >= 4 is 21.8 Å². The second-order valence-corrected chi connectivity index (χ2v) is 5.57. The van der Waals surface area contributed by atoms with Gasteiger partial charge >= 0.3 is 0 Å². The zero-order valence-corrected chi connectivity index (χ0v) is 12.4. The molecule has 1 aromatic rings. The largest absolute Gasteiger partial charge is 0.376 e. The Kier molecular flexibility index (Phi) is 4.45. The van der Waals surface area contributed by atoms with Crippen LogP contribution in [0.1, 0.15) is 30.3 Å². The van der Waals surface area contributed by atoms with Crippen molar-refractivity contribution in [1.82, 2.24) is 9.47 Å². The number of aryl methyl sites for hydroxylation is 1. The van der Waals surface area contributed by atoms with Gasteiger partial charge in [0.15, 0.2) is 0 Å². The molecule has 0 radical (unpaired) electrons. The molecule has 1 unspecified atom stereocenters. The van der Waals surface area contributed by atoms with Crippen LogP contribution in [-0.2, 0) is 11.3 Å². The van der Waals surface area contributed by atoms with Gasteiger partial charge in [0.05, 0.1) is 6.10 Å². The average Bonchev–Trinajstić information content (AvgIpc) is 2.97. The van der Waals surface area contributed by atoms with Crippen LogP contribution in [0.25, 0.3) is 0 Å². The predicted octanol–water partition coefficient (Wildman–Crippen LogP) is 2.52. The first-order valence-electron chi connectivity index (χ1n) is 6.34. The van der Waals surface area contributed by atoms with Crippen molar-refractivity contribution in [1.29, 1.82) is 0 Å². The Morgan fingerprint density at radius 3 is 3.06 bits per heavy atom. The first-order valence-corrected chi connectivity index (χ1v) is 7.14. The Labute approximate surface area is 116 Å². The summed E-state index contributed by atoms with van der Waals surface area (Å²) in [7, 11) is 1.84. The van der Waals surface area contributed by atoms with E-state index in [1.807, 2.05) is 30.8 Å². The summed E-state index contributed by atoms with van der Waals surface area (Å²) in [6, 6.07) is 1.87. The molecule has 1 saturated heterocycles. The van der Waals surface area contributed by atoms with E-state index in [-0.39, 0.29) is 12.0 Å².